The Morgan fingerprint density at radius 3 is 2.56 bits per heavy atom. The van der Waals surface area contributed by atoms with E-state index in [4.69, 9.17) is 0 Å². The number of benzene rings is 2. The van der Waals surface area contributed by atoms with Crippen LogP contribution in [0.5, 0.6) is 0 Å². The van der Waals surface area contributed by atoms with Gasteiger partial charge in [0.1, 0.15) is 5.69 Å². The van der Waals surface area contributed by atoms with Gasteiger partial charge in [0.15, 0.2) is 0 Å². The Morgan fingerprint density at radius 1 is 1.19 bits per heavy atom. The number of aryl methyl sites for hydroxylation is 1. The first kappa shape index (κ1) is 22.0. The van der Waals surface area contributed by atoms with Crippen LogP contribution in [0.4, 0.5) is 11.4 Å². The Bertz CT molecular complexity index is 1090. The number of amides is 1. The Kier molecular flexibility index (Phi) is 6.80. The predicted molar refractivity (Wildman–Crippen MR) is 127 cm³/mol. The second-order valence-electron chi connectivity index (χ2n) is 8.00. The molecule has 1 aliphatic heterocycles. The monoisotopic (exact) mass is 450 g/mol. The first-order valence-corrected chi connectivity index (χ1v) is 11.7. The summed E-state index contributed by atoms with van der Waals surface area (Å²) in [5.74, 6) is 0.0195. The van der Waals surface area contributed by atoms with Crippen LogP contribution in [0.15, 0.2) is 53.9 Å². The maximum Gasteiger partial charge on any atom is 0.292 e. The van der Waals surface area contributed by atoms with Crippen molar-refractivity contribution in [3.05, 3.63) is 74.6 Å². The molecule has 0 atom stereocenters. The topological polar surface area (TPSA) is 88.4 Å². The summed E-state index contributed by atoms with van der Waals surface area (Å²) in [6, 6.07) is 15.1. The molecule has 2 heterocycles. The van der Waals surface area contributed by atoms with E-state index in [1.807, 2.05) is 17.9 Å². The van der Waals surface area contributed by atoms with E-state index in [0.29, 0.717) is 38.2 Å². The number of nitrogens with zero attached hydrogens (tertiary/aromatic N) is 3. The fourth-order valence-electron chi connectivity index (χ4n) is 4.08. The lowest BCUT2D eigenvalue weighted by Gasteiger charge is -2.32. The van der Waals surface area contributed by atoms with E-state index < -0.39 is 0 Å². The predicted octanol–water partition coefficient (Wildman–Crippen LogP) is 4.60. The Morgan fingerprint density at radius 2 is 1.91 bits per heavy atom. The number of nitro groups is 1. The molecule has 1 aliphatic rings. The van der Waals surface area contributed by atoms with Gasteiger partial charge in [0.25, 0.3) is 5.69 Å². The number of piperidine rings is 1. The second-order valence-corrected chi connectivity index (χ2v) is 9.06. The Hall–Kier alpha value is -3.26. The van der Waals surface area contributed by atoms with E-state index >= 15 is 0 Å². The summed E-state index contributed by atoms with van der Waals surface area (Å²) in [4.78, 5) is 30.0. The van der Waals surface area contributed by atoms with Crippen molar-refractivity contribution in [2.45, 2.75) is 26.2 Å². The molecule has 3 aromatic rings. The van der Waals surface area contributed by atoms with Crippen LogP contribution < -0.4 is 10.2 Å². The molecule has 1 amide bonds. The van der Waals surface area contributed by atoms with Crippen LogP contribution in [0.3, 0.4) is 0 Å². The minimum atomic E-state index is -0.349. The van der Waals surface area contributed by atoms with Crippen LogP contribution in [-0.4, -0.2) is 35.4 Å². The third-order valence-electron chi connectivity index (χ3n) is 5.87. The molecule has 0 aliphatic carbocycles. The maximum atomic E-state index is 12.6. The first-order valence-electron chi connectivity index (χ1n) is 10.8. The number of rotatable bonds is 7. The summed E-state index contributed by atoms with van der Waals surface area (Å²) in [6.07, 6.45) is 2.16. The molecular weight excluding hydrogens is 424 g/mol. The summed E-state index contributed by atoms with van der Waals surface area (Å²) < 4.78 is 0. The van der Waals surface area contributed by atoms with Gasteiger partial charge in [0.2, 0.25) is 5.91 Å². The van der Waals surface area contributed by atoms with Crippen LogP contribution in [0, 0.1) is 23.0 Å². The molecule has 1 N–H and O–H groups in total. The van der Waals surface area contributed by atoms with Crippen molar-refractivity contribution in [1.29, 1.82) is 0 Å². The van der Waals surface area contributed by atoms with Gasteiger partial charge in [-0.05, 0) is 37.8 Å². The molecule has 1 aromatic heterocycles. The van der Waals surface area contributed by atoms with E-state index in [0.717, 1.165) is 22.7 Å². The van der Waals surface area contributed by atoms with Crippen molar-refractivity contribution < 1.29 is 9.72 Å². The summed E-state index contributed by atoms with van der Waals surface area (Å²) in [5.41, 5.74) is 4.03. The van der Waals surface area contributed by atoms with Gasteiger partial charge in [0, 0.05) is 42.6 Å². The zero-order chi connectivity index (χ0) is 22.5. The molecule has 8 heteroatoms. The average Bonchev–Trinajstić information content (AvgIpc) is 3.26. The summed E-state index contributed by atoms with van der Waals surface area (Å²) in [6.45, 7) is 3.87. The normalized spacial score (nSPS) is 14.3. The second kappa shape index (κ2) is 9.91. The van der Waals surface area contributed by atoms with E-state index in [1.54, 1.807) is 23.5 Å². The van der Waals surface area contributed by atoms with Crippen LogP contribution in [0.25, 0.3) is 11.3 Å². The van der Waals surface area contributed by atoms with Crippen LogP contribution in [-0.2, 0) is 11.2 Å². The Balaban J connectivity index is 1.24. The molecule has 2 aromatic carbocycles. The summed E-state index contributed by atoms with van der Waals surface area (Å²) >= 11 is 1.64. The molecule has 0 unspecified atom stereocenters. The number of thiazole rings is 1. The molecule has 166 valence electrons. The van der Waals surface area contributed by atoms with Crippen molar-refractivity contribution in [2.75, 3.05) is 24.5 Å². The smallest absolute Gasteiger partial charge is 0.292 e. The highest BCUT2D eigenvalue weighted by molar-refractivity contribution is 7.09. The summed E-state index contributed by atoms with van der Waals surface area (Å²) in [7, 11) is 0. The van der Waals surface area contributed by atoms with Gasteiger partial charge in [-0.3, -0.25) is 14.9 Å². The largest absolute Gasteiger partial charge is 0.366 e. The average molecular weight is 451 g/mol. The zero-order valence-corrected chi connectivity index (χ0v) is 18.8. The van der Waals surface area contributed by atoms with E-state index in [-0.39, 0.29) is 22.4 Å². The lowest BCUT2D eigenvalue weighted by atomic mass is 9.95. The number of nitrogens with one attached hydrogen (secondary N) is 1. The molecule has 0 saturated carbocycles. The lowest BCUT2D eigenvalue weighted by Crippen LogP contribution is -2.41. The molecule has 0 radical (unpaired) electrons. The Labute approximate surface area is 191 Å². The van der Waals surface area contributed by atoms with Gasteiger partial charge in [-0.15, -0.1) is 11.3 Å². The van der Waals surface area contributed by atoms with Crippen molar-refractivity contribution in [2.24, 2.45) is 5.92 Å². The number of carbonyl (C=O) groups excluding carboxylic acids is 1. The fourth-order valence-corrected chi connectivity index (χ4v) is 4.70. The minimum Gasteiger partial charge on any atom is -0.366 e. The molecule has 0 spiro atoms. The third-order valence-corrected chi connectivity index (χ3v) is 6.64. The molecule has 7 nitrogen and oxygen atoms in total. The van der Waals surface area contributed by atoms with Gasteiger partial charge in [-0.2, -0.15) is 0 Å². The van der Waals surface area contributed by atoms with Crippen LogP contribution >= 0.6 is 11.3 Å². The minimum absolute atomic E-state index is 0.0516. The van der Waals surface area contributed by atoms with Crippen molar-refractivity contribution in [1.82, 2.24) is 10.3 Å². The van der Waals surface area contributed by atoms with Crippen molar-refractivity contribution >= 4 is 28.6 Å². The SMILES string of the molecule is Cc1nc(-c2ccc(CCNC(=O)C3CCN(c4ccccc4[N+](=O)[O-])CC3)cc2)cs1. The summed E-state index contributed by atoms with van der Waals surface area (Å²) in [5, 5.41) is 17.5. The molecule has 1 saturated heterocycles. The van der Waals surface area contributed by atoms with E-state index in [9.17, 15) is 14.9 Å². The quantitative estimate of drug-likeness (QED) is 0.420. The standard InChI is InChI=1S/C24H26N4O3S/c1-17-26-21(16-32-17)19-8-6-18(7-9-19)10-13-25-24(29)20-11-14-27(15-12-20)22-4-2-3-5-23(22)28(30)31/h2-9,16,20H,10-15H2,1H3,(H,25,29). The van der Waals surface area contributed by atoms with Gasteiger partial charge in [-0.1, -0.05) is 36.4 Å². The van der Waals surface area contributed by atoms with Gasteiger partial charge in [0.05, 0.1) is 15.6 Å². The maximum absolute atomic E-state index is 12.6. The van der Waals surface area contributed by atoms with Gasteiger partial charge in [-0.25, -0.2) is 4.98 Å². The highest BCUT2D eigenvalue weighted by atomic mass is 32.1. The molecular formula is C24H26N4O3S. The van der Waals surface area contributed by atoms with E-state index in [1.165, 1.54) is 11.6 Å². The molecule has 1 fully saturated rings. The number of aromatic nitrogens is 1. The lowest BCUT2D eigenvalue weighted by molar-refractivity contribution is -0.384. The first-order chi connectivity index (χ1) is 15.5. The third kappa shape index (κ3) is 5.13. The molecule has 32 heavy (non-hydrogen) atoms. The highest BCUT2D eigenvalue weighted by Crippen LogP contribution is 2.31. The number of para-hydroxylation sites is 2. The van der Waals surface area contributed by atoms with Gasteiger partial charge < -0.3 is 10.2 Å². The van der Waals surface area contributed by atoms with Crippen molar-refractivity contribution in [3.63, 3.8) is 0 Å². The van der Waals surface area contributed by atoms with Crippen LogP contribution in [0.2, 0.25) is 0 Å². The number of hydrogen-bond donors (Lipinski definition) is 1. The number of anilines is 1. The highest BCUT2D eigenvalue weighted by Gasteiger charge is 2.27. The van der Waals surface area contributed by atoms with E-state index in [2.05, 4.69) is 39.9 Å². The fraction of sp³-hybridized carbons (Fsp3) is 0.333. The number of nitro benzene ring substituents is 1. The zero-order valence-electron chi connectivity index (χ0n) is 18.0. The van der Waals surface area contributed by atoms with Crippen molar-refractivity contribution in [3.8, 4) is 11.3 Å². The number of carbonyl (C=O) groups is 1. The molecule has 0 bridgehead atoms. The molecule has 4 rings (SSSR count). The van der Waals surface area contributed by atoms with Crippen LogP contribution in [0.1, 0.15) is 23.4 Å². The number of hydrogen-bond acceptors (Lipinski definition) is 6. The van der Waals surface area contributed by atoms with Gasteiger partial charge >= 0.3 is 0 Å².